The van der Waals surface area contributed by atoms with Crippen molar-refractivity contribution < 1.29 is 37.3 Å². The molecule has 0 heterocycles. The van der Waals surface area contributed by atoms with Crippen LogP contribution in [0, 0.1) is 0 Å². The van der Waals surface area contributed by atoms with Gasteiger partial charge >= 0.3 is 5.97 Å². The molecule has 0 spiro atoms. The maximum atomic E-state index is 13.5. The zero-order valence-electron chi connectivity index (χ0n) is 53.8. The molecule has 0 saturated carbocycles. The predicted octanol–water partition coefficient (Wildman–Crippen LogP) is 21.0. The number of hydrogen-bond acceptors (Lipinski definition) is 7. The Morgan fingerprint density at radius 1 is 0.438 bits per heavy atom. The van der Waals surface area contributed by atoms with Gasteiger partial charge in [0, 0.05) is 12.8 Å². The van der Waals surface area contributed by atoms with Gasteiger partial charge in [-0.2, -0.15) is 0 Å². The third-order valence-electron chi connectivity index (χ3n) is 15.5. The number of nitrogens with zero attached hydrogens (tertiary/aromatic N) is 1. The number of likely N-dealkylation sites (N-methyl/N-ethyl adjacent to an activating group) is 1. The van der Waals surface area contributed by atoms with Crippen LogP contribution in [0.15, 0.2) is 48.6 Å². The zero-order valence-corrected chi connectivity index (χ0v) is 54.7. The maximum absolute atomic E-state index is 13.5. The molecule has 0 radical (unpaired) electrons. The van der Waals surface area contributed by atoms with Crippen molar-refractivity contribution in [1.29, 1.82) is 0 Å². The quantitative estimate of drug-likeness (QED) is 0.0161. The van der Waals surface area contributed by atoms with Gasteiger partial charge in [-0.3, -0.25) is 14.2 Å². The number of carbonyl (C=O) groups excluding carboxylic acids is 2. The highest BCUT2D eigenvalue weighted by Crippen LogP contribution is 2.38. The first-order valence-electron chi connectivity index (χ1n) is 34.5. The minimum Gasteiger partial charge on any atom is -0.756 e. The molecule has 0 aromatic carbocycles. The second-order valence-electron chi connectivity index (χ2n) is 24.7. The number of phosphoric ester groups is 1. The summed E-state index contributed by atoms with van der Waals surface area (Å²) >= 11 is 0. The lowest BCUT2D eigenvalue weighted by atomic mass is 10.0. The van der Waals surface area contributed by atoms with Crippen molar-refractivity contribution in [3.8, 4) is 0 Å². The molecule has 0 aliphatic rings. The number of amides is 1. The largest absolute Gasteiger partial charge is 0.756 e. The average molecular weight is 1150 g/mol. The number of rotatable bonds is 63. The van der Waals surface area contributed by atoms with Crippen LogP contribution in [-0.4, -0.2) is 69.4 Å². The highest BCUT2D eigenvalue weighted by atomic mass is 31.2. The van der Waals surface area contributed by atoms with E-state index in [4.69, 9.17) is 13.8 Å². The summed E-state index contributed by atoms with van der Waals surface area (Å²) in [7, 11) is 1.18. The Hall–Kier alpha value is -2.03. The van der Waals surface area contributed by atoms with Crippen molar-refractivity contribution in [3.63, 3.8) is 0 Å². The van der Waals surface area contributed by atoms with Crippen LogP contribution in [0.3, 0.4) is 0 Å². The summed E-state index contributed by atoms with van der Waals surface area (Å²) in [6, 6.07) is -0.900. The van der Waals surface area contributed by atoms with E-state index in [-0.39, 0.29) is 31.3 Å². The van der Waals surface area contributed by atoms with E-state index in [1.165, 1.54) is 231 Å². The molecule has 0 aliphatic carbocycles. The van der Waals surface area contributed by atoms with E-state index < -0.39 is 26.6 Å². The van der Waals surface area contributed by atoms with E-state index in [0.29, 0.717) is 17.4 Å². The maximum Gasteiger partial charge on any atom is 0.306 e. The number of phosphoric acid groups is 1. The van der Waals surface area contributed by atoms with E-state index in [1.54, 1.807) is 0 Å². The fraction of sp³-hybridized carbons (Fsp3) is 0.857. The summed E-state index contributed by atoms with van der Waals surface area (Å²) in [4.78, 5) is 40.0. The predicted molar refractivity (Wildman–Crippen MR) is 344 cm³/mol. The molecule has 0 saturated heterocycles. The van der Waals surface area contributed by atoms with Crippen LogP contribution in [0.2, 0.25) is 0 Å². The molecule has 0 rings (SSSR count). The van der Waals surface area contributed by atoms with Gasteiger partial charge in [0.2, 0.25) is 5.91 Å². The molecule has 80 heavy (non-hydrogen) atoms. The van der Waals surface area contributed by atoms with Crippen molar-refractivity contribution in [2.75, 3.05) is 40.9 Å². The van der Waals surface area contributed by atoms with E-state index in [0.717, 1.165) is 64.2 Å². The summed E-state index contributed by atoms with van der Waals surface area (Å²) in [5.74, 6) is -0.559. The lowest BCUT2D eigenvalue weighted by Crippen LogP contribution is -2.47. The molecular weight excluding hydrogens is 1010 g/mol. The number of nitrogens with one attached hydrogen (secondary N) is 1. The van der Waals surface area contributed by atoms with E-state index in [9.17, 15) is 19.0 Å². The molecule has 10 heteroatoms. The first-order valence-corrected chi connectivity index (χ1v) is 35.9. The van der Waals surface area contributed by atoms with Gasteiger partial charge in [0.05, 0.1) is 33.8 Å². The van der Waals surface area contributed by atoms with Gasteiger partial charge in [0.25, 0.3) is 7.82 Å². The second-order valence-corrected chi connectivity index (χ2v) is 26.1. The summed E-state index contributed by atoms with van der Waals surface area (Å²) in [6.07, 6.45) is 75.3. The Kier molecular flexibility index (Phi) is 58.6. The standard InChI is InChI=1S/C70H133N2O7P/c1-7-10-13-16-19-22-25-27-29-31-32-33-34-35-36-37-38-39-40-41-43-45-48-51-54-57-60-63-70(74)79-68(61-58-55-52-49-46-24-21-18-15-12-9-3)67(66-78-80(75,76)77-65-64-72(4,5)6)71-69(73)62-59-56-53-50-47-44-42-30-28-26-23-20-17-14-11-8-2/h27,29-30,42,44,47,58,61,67-68H,7-26,28,31-41,43,45-46,48-57,59-60,62-66H2,1-6H3,(H-,71,73,75,76)/b29-27+,42-30+,47-44+,61-58-. The normalized spacial score (nSPS) is 13.8. The van der Waals surface area contributed by atoms with Crippen LogP contribution >= 0.6 is 7.82 Å². The molecule has 1 amide bonds. The molecular formula is C70H133N2O7P. The summed E-state index contributed by atoms with van der Waals surface area (Å²) in [5.41, 5.74) is 0. The topological polar surface area (TPSA) is 114 Å². The number of esters is 1. The van der Waals surface area contributed by atoms with E-state index in [1.807, 2.05) is 33.3 Å². The molecule has 0 aliphatic heterocycles. The van der Waals surface area contributed by atoms with Crippen molar-refractivity contribution in [1.82, 2.24) is 5.32 Å². The number of carbonyl (C=O) groups is 2. The molecule has 0 bridgehead atoms. The highest BCUT2D eigenvalue weighted by molar-refractivity contribution is 7.45. The second kappa shape index (κ2) is 60.1. The first kappa shape index (κ1) is 78.0. The van der Waals surface area contributed by atoms with Gasteiger partial charge in [0.1, 0.15) is 19.3 Å². The third-order valence-corrected chi connectivity index (χ3v) is 16.5. The van der Waals surface area contributed by atoms with Crippen LogP contribution in [0.5, 0.6) is 0 Å². The van der Waals surface area contributed by atoms with Gasteiger partial charge < -0.3 is 28.5 Å². The Balaban J connectivity index is 4.99. The van der Waals surface area contributed by atoms with Gasteiger partial charge in [-0.25, -0.2) is 0 Å². The molecule has 3 unspecified atom stereocenters. The van der Waals surface area contributed by atoms with Gasteiger partial charge in [-0.05, 0) is 83.1 Å². The lowest BCUT2D eigenvalue weighted by Gasteiger charge is -2.30. The minimum atomic E-state index is -4.70. The number of quaternary nitrogens is 1. The Labute approximate surface area is 497 Å². The smallest absolute Gasteiger partial charge is 0.306 e. The SMILES string of the molecule is CCCCCCCC/C=C/CCCCCCCCCCCCCCCCCCCC(=O)OC(/C=C\CCCCCCCCCCC)C(COP(=O)([O-])OCC[N+](C)(C)C)NC(=O)CCCCC/C=C/C=C/CCCCCCCCC. The Morgan fingerprint density at radius 3 is 1.15 bits per heavy atom. The summed E-state index contributed by atoms with van der Waals surface area (Å²) in [6.45, 7) is 6.84. The third kappa shape index (κ3) is 60.6. The molecule has 3 atom stereocenters. The van der Waals surface area contributed by atoms with Crippen LogP contribution < -0.4 is 10.2 Å². The lowest BCUT2D eigenvalue weighted by molar-refractivity contribution is -0.870. The molecule has 470 valence electrons. The first-order chi connectivity index (χ1) is 38.9. The van der Waals surface area contributed by atoms with Crippen LogP contribution in [0.25, 0.3) is 0 Å². The number of unbranched alkanes of at least 4 members (excludes halogenated alkanes) is 42. The average Bonchev–Trinajstić information content (AvgIpc) is 3.43. The van der Waals surface area contributed by atoms with Crippen molar-refractivity contribution in [3.05, 3.63) is 48.6 Å². The van der Waals surface area contributed by atoms with Crippen LogP contribution in [0.1, 0.15) is 335 Å². The van der Waals surface area contributed by atoms with Crippen LogP contribution in [0.4, 0.5) is 0 Å². The molecule has 0 aromatic heterocycles. The fourth-order valence-electron chi connectivity index (χ4n) is 10.2. The van der Waals surface area contributed by atoms with Crippen molar-refractivity contribution in [2.24, 2.45) is 0 Å². The van der Waals surface area contributed by atoms with Gasteiger partial charge in [0.15, 0.2) is 0 Å². The fourth-order valence-corrected chi connectivity index (χ4v) is 10.9. The molecule has 0 fully saturated rings. The van der Waals surface area contributed by atoms with E-state index in [2.05, 4.69) is 62.5 Å². The monoisotopic (exact) mass is 1140 g/mol. The van der Waals surface area contributed by atoms with Gasteiger partial charge in [-0.15, -0.1) is 0 Å². The number of allylic oxidation sites excluding steroid dienone is 7. The molecule has 9 nitrogen and oxygen atoms in total. The van der Waals surface area contributed by atoms with Crippen molar-refractivity contribution in [2.45, 2.75) is 348 Å². The van der Waals surface area contributed by atoms with E-state index >= 15 is 0 Å². The minimum absolute atomic E-state index is 0.0262. The summed E-state index contributed by atoms with van der Waals surface area (Å²) < 4.78 is 30.3. The van der Waals surface area contributed by atoms with Gasteiger partial charge in [-0.1, -0.05) is 288 Å². The molecule has 0 aromatic rings. The molecule has 1 N–H and O–H groups in total. The summed E-state index contributed by atoms with van der Waals surface area (Å²) in [5, 5.41) is 3.02. The van der Waals surface area contributed by atoms with Crippen LogP contribution in [-0.2, 0) is 27.9 Å². The zero-order chi connectivity index (χ0) is 58.6. The number of hydrogen-bond donors (Lipinski definition) is 1. The Morgan fingerprint density at radius 2 is 0.762 bits per heavy atom. The van der Waals surface area contributed by atoms with Crippen molar-refractivity contribution >= 4 is 19.7 Å². The Bertz CT molecular complexity index is 1510. The highest BCUT2D eigenvalue weighted by Gasteiger charge is 2.27. The number of ether oxygens (including phenoxy) is 1.